The van der Waals surface area contributed by atoms with E-state index < -0.39 is 9.85 Å². The largest absolute Gasteiger partial charge is 0.352 e. The number of benzene rings is 2. The predicted molar refractivity (Wildman–Crippen MR) is 123 cm³/mol. The SMILES string of the molecule is Cc1cc(C(=O)NCCCCCCCNC(=O)c2ccc([N+](=O)[O-])c(C)c2)ccc1[N+](=O)[O-]. The molecular formula is C23H28N4O6. The van der Waals surface area contributed by atoms with Crippen molar-refractivity contribution in [2.75, 3.05) is 13.1 Å². The summed E-state index contributed by atoms with van der Waals surface area (Å²) in [5, 5.41) is 27.3. The highest BCUT2D eigenvalue weighted by atomic mass is 16.6. The average Bonchev–Trinajstić information content (AvgIpc) is 2.76. The predicted octanol–water partition coefficient (Wildman–Crippen LogP) is 4.23. The number of nitro benzene ring substituents is 2. The van der Waals surface area contributed by atoms with Crippen LogP contribution in [0.1, 0.15) is 63.9 Å². The lowest BCUT2D eigenvalue weighted by Crippen LogP contribution is -2.25. The number of nitro groups is 2. The van der Waals surface area contributed by atoms with Crippen molar-refractivity contribution in [3.8, 4) is 0 Å². The topological polar surface area (TPSA) is 144 Å². The van der Waals surface area contributed by atoms with E-state index in [9.17, 15) is 29.8 Å². The van der Waals surface area contributed by atoms with Crippen LogP contribution in [0.3, 0.4) is 0 Å². The number of hydrogen-bond donors (Lipinski definition) is 2. The second-order valence-electron chi connectivity index (χ2n) is 7.80. The minimum absolute atomic E-state index is 0.00871. The van der Waals surface area contributed by atoms with Crippen molar-refractivity contribution in [1.82, 2.24) is 10.6 Å². The fraction of sp³-hybridized carbons (Fsp3) is 0.391. The van der Waals surface area contributed by atoms with Gasteiger partial charge in [-0.25, -0.2) is 0 Å². The Hall–Kier alpha value is -3.82. The second-order valence-corrected chi connectivity index (χ2v) is 7.80. The first-order valence-electron chi connectivity index (χ1n) is 10.8. The summed E-state index contributed by atoms with van der Waals surface area (Å²) < 4.78 is 0. The van der Waals surface area contributed by atoms with Crippen LogP contribution in [0, 0.1) is 34.1 Å². The number of rotatable bonds is 12. The Morgan fingerprint density at radius 2 is 1.06 bits per heavy atom. The molecule has 176 valence electrons. The van der Waals surface area contributed by atoms with Crippen molar-refractivity contribution in [2.45, 2.75) is 46.0 Å². The van der Waals surface area contributed by atoms with Crippen LogP contribution in [-0.2, 0) is 0 Å². The van der Waals surface area contributed by atoms with E-state index >= 15 is 0 Å². The summed E-state index contributed by atoms with van der Waals surface area (Å²) in [6.07, 6.45) is 4.43. The monoisotopic (exact) mass is 456 g/mol. The van der Waals surface area contributed by atoms with Gasteiger partial charge in [-0.3, -0.25) is 29.8 Å². The molecule has 33 heavy (non-hydrogen) atoms. The smallest absolute Gasteiger partial charge is 0.272 e. The van der Waals surface area contributed by atoms with E-state index in [-0.39, 0.29) is 23.2 Å². The molecule has 2 rings (SSSR count). The van der Waals surface area contributed by atoms with Gasteiger partial charge in [-0.1, -0.05) is 19.3 Å². The van der Waals surface area contributed by atoms with Crippen LogP contribution in [0.2, 0.25) is 0 Å². The molecule has 0 spiro atoms. The summed E-state index contributed by atoms with van der Waals surface area (Å²) >= 11 is 0. The lowest BCUT2D eigenvalue weighted by molar-refractivity contribution is -0.385. The molecule has 2 aromatic rings. The fourth-order valence-electron chi connectivity index (χ4n) is 3.39. The van der Waals surface area contributed by atoms with Gasteiger partial charge >= 0.3 is 0 Å². The first-order valence-corrected chi connectivity index (χ1v) is 10.8. The molecule has 2 N–H and O–H groups in total. The molecule has 0 fully saturated rings. The number of carbonyl (C=O) groups is 2. The molecule has 0 saturated heterocycles. The summed E-state index contributed by atoms with van der Waals surface area (Å²) in [6, 6.07) is 8.61. The molecule has 0 aliphatic rings. The number of aryl methyl sites for hydroxylation is 2. The molecular weight excluding hydrogens is 428 g/mol. The van der Waals surface area contributed by atoms with Gasteiger partial charge in [-0.15, -0.1) is 0 Å². The van der Waals surface area contributed by atoms with E-state index in [1.807, 2.05) is 0 Å². The Kier molecular flexibility index (Phi) is 9.46. The Morgan fingerprint density at radius 1 is 0.697 bits per heavy atom. The van der Waals surface area contributed by atoms with E-state index in [1.165, 1.54) is 36.4 Å². The quantitative estimate of drug-likeness (QED) is 0.278. The van der Waals surface area contributed by atoms with Gasteiger partial charge in [0.25, 0.3) is 23.2 Å². The van der Waals surface area contributed by atoms with Crippen LogP contribution < -0.4 is 10.6 Å². The number of carbonyl (C=O) groups excluding carboxylic acids is 2. The summed E-state index contributed by atoms with van der Waals surface area (Å²) in [5.74, 6) is -0.505. The number of unbranched alkanes of at least 4 members (excludes halogenated alkanes) is 4. The highest BCUT2D eigenvalue weighted by Crippen LogP contribution is 2.19. The van der Waals surface area contributed by atoms with E-state index in [1.54, 1.807) is 13.8 Å². The minimum Gasteiger partial charge on any atom is -0.352 e. The maximum Gasteiger partial charge on any atom is 0.272 e. The molecule has 2 aromatic carbocycles. The molecule has 0 bridgehead atoms. The molecule has 0 aliphatic heterocycles. The van der Waals surface area contributed by atoms with Gasteiger partial charge in [-0.2, -0.15) is 0 Å². The maximum atomic E-state index is 12.2. The average molecular weight is 456 g/mol. The molecule has 0 heterocycles. The summed E-state index contributed by atoms with van der Waals surface area (Å²) in [7, 11) is 0. The van der Waals surface area contributed by atoms with E-state index in [0.717, 1.165) is 32.1 Å². The Labute approximate surface area is 191 Å². The summed E-state index contributed by atoms with van der Waals surface area (Å²) in [5.41, 5.74) is 1.68. The van der Waals surface area contributed by atoms with Crippen molar-refractivity contribution in [2.24, 2.45) is 0 Å². The molecule has 10 heteroatoms. The zero-order valence-electron chi connectivity index (χ0n) is 18.8. The molecule has 0 unspecified atom stereocenters. The van der Waals surface area contributed by atoms with Gasteiger partial charge in [0.2, 0.25) is 0 Å². The minimum atomic E-state index is -0.473. The summed E-state index contributed by atoms with van der Waals surface area (Å²) in [6.45, 7) is 4.24. The first kappa shape index (κ1) is 25.4. The third-order valence-electron chi connectivity index (χ3n) is 5.24. The van der Waals surface area contributed by atoms with Crippen molar-refractivity contribution < 1.29 is 19.4 Å². The molecule has 2 amide bonds. The molecule has 0 aliphatic carbocycles. The maximum absolute atomic E-state index is 12.2. The van der Waals surface area contributed by atoms with Crippen LogP contribution in [0.4, 0.5) is 11.4 Å². The molecule has 0 aromatic heterocycles. The highest BCUT2D eigenvalue weighted by Gasteiger charge is 2.14. The number of hydrogen-bond acceptors (Lipinski definition) is 6. The van der Waals surface area contributed by atoms with E-state index in [2.05, 4.69) is 10.6 Å². The lowest BCUT2D eigenvalue weighted by atomic mass is 10.1. The zero-order valence-corrected chi connectivity index (χ0v) is 18.8. The number of amides is 2. The number of nitrogens with zero attached hydrogens (tertiary/aromatic N) is 2. The third-order valence-corrected chi connectivity index (χ3v) is 5.24. The van der Waals surface area contributed by atoms with Crippen molar-refractivity contribution in [1.29, 1.82) is 0 Å². The lowest BCUT2D eigenvalue weighted by Gasteiger charge is -2.07. The highest BCUT2D eigenvalue weighted by molar-refractivity contribution is 5.95. The van der Waals surface area contributed by atoms with Crippen LogP contribution in [0.5, 0.6) is 0 Å². The Bertz CT molecular complexity index is 956. The van der Waals surface area contributed by atoms with Crippen molar-refractivity contribution in [3.63, 3.8) is 0 Å². The Morgan fingerprint density at radius 3 is 1.39 bits per heavy atom. The van der Waals surface area contributed by atoms with Gasteiger partial charge in [-0.05, 0) is 51.0 Å². The van der Waals surface area contributed by atoms with Gasteiger partial charge in [0.05, 0.1) is 9.85 Å². The molecule has 10 nitrogen and oxygen atoms in total. The van der Waals surface area contributed by atoms with Gasteiger partial charge in [0, 0.05) is 47.5 Å². The van der Waals surface area contributed by atoms with Gasteiger partial charge < -0.3 is 10.6 Å². The third kappa shape index (κ3) is 7.67. The van der Waals surface area contributed by atoms with E-state index in [0.29, 0.717) is 35.3 Å². The second kappa shape index (κ2) is 12.3. The van der Waals surface area contributed by atoms with E-state index in [4.69, 9.17) is 0 Å². The molecule has 0 atom stereocenters. The van der Waals surface area contributed by atoms with Crippen LogP contribution in [-0.4, -0.2) is 34.8 Å². The van der Waals surface area contributed by atoms with Crippen LogP contribution in [0.25, 0.3) is 0 Å². The molecule has 0 saturated carbocycles. The van der Waals surface area contributed by atoms with Gasteiger partial charge in [0.15, 0.2) is 0 Å². The molecule has 0 radical (unpaired) electrons. The Balaban J connectivity index is 1.58. The van der Waals surface area contributed by atoms with Crippen molar-refractivity contribution >= 4 is 23.2 Å². The zero-order chi connectivity index (χ0) is 24.4. The summed E-state index contributed by atoms with van der Waals surface area (Å²) in [4.78, 5) is 45.1. The van der Waals surface area contributed by atoms with Crippen LogP contribution in [0.15, 0.2) is 36.4 Å². The van der Waals surface area contributed by atoms with Gasteiger partial charge in [0.1, 0.15) is 0 Å². The normalized spacial score (nSPS) is 10.5. The number of nitrogens with one attached hydrogen (secondary N) is 2. The first-order chi connectivity index (χ1) is 15.7. The standard InChI is InChI=1S/C23H28N4O6/c1-16-14-18(8-10-20(16)26(30)31)22(28)24-12-6-4-3-5-7-13-25-23(29)19-9-11-21(27(32)33)17(2)15-19/h8-11,14-15H,3-7,12-13H2,1-2H3,(H,24,28)(H,25,29). The fourth-order valence-corrected chi connectivity index (χ4v) is 3.39. The van der Waals surface area contributed by atoms with Crippen molar-refractivity contribution in [3.05, 3.63) is 78.9 Å². The van der Waals surface area contributed by atoms with Crippen LogP contribution >= 0.6 is 0 Å².